The molecule has 0 aliphatic carbocycles. The van der Waals surface area contributed by atoms with E-state index in [0.717, 1.165) is 4.88 Å². The van der Waals surface area contributed by atoms with Crippen LogP contribution in [0.2, 0.25) is 0 Å². The number of pyridine rings is 1. The number of aromatic nitrogens is 1. The van der Waals surface area contributed by atoms with Crippen LogP contribution in [0.15, 0.2) is 35.7 Å². The predicted molar refractivity (Wildman–Crippen MR) is 64.3 cm³/mol. The molecule has 2 heterocycles. The molecule has 2 aromatic heterocycles. The zero-order valence-electron chi connectivity index (χ0n) is 9.26. The lowest BCUT2D eigenvalue weighted by Gasteiger charge is -2.15. The highest BCUT2D eigenvalue weighted by Gasteiger charge is 2.14. The molecule has 0 saturated heterocycles. The molecule has 5 heteroatoms. The molecule has 0 unspecified atom stereocenters. The van der Waals surface area contributed by atoms with Gasteiger partial charge in [0.1, 0.15) is 5.69 Å². The van der Waals surface area contributed by atoms with Crippen LogP contribution in [0.4, 0.5) is 4.39 Å². The van der Waals surface area contributed by atoms with Gasteiger partial charge in [0.05, 0.1) is 6.54 Å². The molecular weight excluding hydrogens is 239 g/mol. The summed E-state index contributed by atoms with van der Waals surface area (Å²) in [5.41, 5.74) is 0.129. The quantitative estimate of drug-likeness (QED) is 0.784. The molecule has 2 rings (SSSR count). The van der Waals surface area contributed by atoms with E-state index in [1.54, 1.807) is 18.4 Å². The fraction of sp³-hybridized carbons (Fsp3) is 0.167. The highest BCUT2D eigenvalue weighted by atomic mass is 32.1. The van der Waals surface area contributed by atoms with Crippen LogP contribution in [-0.2, 0) is 6.54 Å². The average Bonchev–Trinajstić information content (AvgIpc) is 2.80. The molecule has 0 radical (unpaired) electrons. The molecule has 2 aromatic rings. The summed E-state index contributed by atoms with van der Waals surface area (Å²) in [5.74, 6) is -0.918. The molecule has 0 aliphatic heterocycles. The van der Waals surface area contributed by atoms with E-state index in [9.17, 15) is 9.18 Å². The number of nitrogens with zero attached hydrogens (tertiary/aromatic N) is 2. The first-order valence-electron chi connectivity index (χ1n) is 5.07. The number of thiophene rings is 1. The van der Waals surface area contributed by atoms with Gasteiger partial charge < -0.3 is 4.90 Å². The molecule has 17 heavy (non-hydrogen) atoms. The predicted octanol–water partition coefficient (Wildman–Crippen LogP) is 2.55. The van der Waals surface area contributed by atoms with Crippen molar-refractivity contribution in [1.82, 2.24) is 9.88 Å². The van der Waals surface area contributed by atoms with Crippen LogP contribution in [0.25, 0.3) is 0 Å². The summed E-state index contributed by atoms with van der Waals surface area (Å²) in [6.45, 7) is 0.509. The molecule has 0 spiro atoms. The van der Waals surface area contributed by atoms with Crippen LogP contribution in [0.3, 0.4) is 0 Å². The number of hydrogen-bond donors (Lipinski definition) is 0. The lowest BCUT2D eigenvalue weighted by molar-refractivity contribution is 0.0779. The summed E-state index contributed by atoms with van der Waals surface area (Å²) >= 11 is 1.58. The topological polar surface area (TPSA) is 33.2 Å². The maximum atomic E-state index is 12.9. The van der Waals surface area contributed by atoms with Crippen LogP contribution < -0.4 is 0 Å². The van der Waals surface area contributed by atoms with E-state index >= 15 is 0 Å². The Kier molecular flexibility index (Phi) is 3.49. The van der Waals surface area contributed by atoms with Gasteiger partial charge >= 0.3 is 0 Å². The highest BCUT2D eigenvalue weighted by molar-refractivity contribution is 7.09. The smallest absolute Gasteiger partial charge is 0.272 e. The third-order valence-electron chi connectivity index (χ3n) is 2.25. The van der Waals surface area contributed by atoms with Gasteiger partial charge in [-0.3, -0.25) is 4.79 Å². The van der Waals surface area contributed by atoms with Gasteiger partial charge in [0.15, 0.2) is 0 Å². The number of carbonyl (C=O) groups excluding carboxylic acids is 1. The Balaban J connectivity index is 2.09. The van der Waals surface area contributed by atoms with Crippen molar-refractivity contribution in [2.75, 3.05) is 7.05 Å². The maximum Gasteiger partial charge on any atom is 0.272 e. The first-order valence-corrected chi connectivity index (χ1v) is 5.95. The van der Waals surface area contributed by atoms with Crippen molar-refractivity contribution in [3.05, 3.63) is 52.2 Å². The highest BCUT2D eigenvalue weighted by Crippen LogP contribution is 2.12. The van der Waals surface area contributed by atoms with Crippen LogP contribution in [-0.4, -0.2) is 22.8 Å². The lowest BCUT2D eigenvalue weighted by Crippen LogP contribution is -2.26. The molecule has 88 valence electrons. The van der Waals surface area contributed by atoms with Gasteiger partial charge in [-0.2, -0.15) is 4.39 Å². The first-order chi connectivity index (χ1) is 8.16. The average molecular weight is 250 g/mol. The van der Waals surface area contributed by atoms with E-state index in [0.29, 0.717) is 6.54 Å². The molecule has 0 N–H and O–H groups in total. The molecule has 0 atom stereocenters. The largest absolute Gasteiger partial charge is 0.335 e. The number of rotatable bonds is 3. The zero-order chi connectivity index (χ0) is 12.3. The minimum absolute atomic E-state index is 0.129. The molecule has 0 bridgehead atoms. The molecule has 0 fully saturated rings. The van der Waals surface area contributed by atoms with Crippen molar-refractivity contribution >= 4 is 17.2 Å². The van der Waals surface area contributed by atoms with Crippen molar-refractivity contribution in [2.24, 2.45) is 0 Å². The standard InChI is InChI=1S/C12H11FN2OS/c1-15(8-9-4-3-7-17-9)12(16)10-5-2-6-11(13)14-10/h2-7H,8H2,1H3. The second kappa shape index (κ2) is 5.05. The van der Waals surface area contributed by atoms with E-state index in [1.807, 2.05) is 17.5 Å². The van der Waals surface area contributed by atoms with Crippen molar-refractivity contribution in [3.8, 4) is 0 Å². The normalized spacial score (nSPS) is 10.2. The van der Waals surface area contributed by atoms with Gasteiger partial charge in [-0.1, -0.05) is 12.1 Å². The summed E-state index contributed by atoms with van der Waals surface area (Å²) in [5, 5.41) is 1.95. The Morgan fingerprint density at radius 2 is 2.24 bits per heavy atom. The van der Waals surface area contributed by atoms with Gasteiger partial charge in [-0.05, 0) is 23.6 Å². The Hall–Kier alpha value is -1.75. The lowest BCUT2D eigenvalue weighted by atomic mass is 10.3. The minimum Gasteiger partial charge on any atom is -0.335 e. The second-order valence-corrected chi connectivity index (χ2v) is 4.62. The summed E-state index contributed by atoms with van der Waals surface area (Å²) < 4.78 is 12.9. The number of hydrogen-bond acceptors (Lipinski definition) is 3. The van der Waals surface area contributed by atoms with E-state index in [4.69, 9.17) is 0 Å². The number of amides is 1. The Morgan fingerprint density at radius 3 is 2.88 bits per heavy atom. The third kappa shape index (κ3) is 2.88. The van der Waals surface area contributed by atoms with E-state index < -0.39 is 5.95 Å². The van der Waals surface area contributed by atoms with E-state index in [2.05, 4.69) is 4.98 Å². The molecule has 0 saturated carbocycles. The SMILES string of the molecule is CN(Cc1cccs1)C(=O)c1cccc(F)n1. The van der Waals surface area contributed by atoms with Crippen molar-refractivity contribution in [1.29, 1.82) is 0 Å². The van der Waals surface area contributed by atoms with Crippen LogP contribution in [0.5, 0.6) is 0 Å². The van der Waals surface area contributed by atoms with Crippen molar-refractivity contribution < 1.29 is 9.18 Å². The Bertz CT molecular complexity index is 513. The fourth-order valence-electron chi connectivity index (χ4n) is 1.43. The van der Waals surface area contributed by atoms with E-state index in [1.165, 1.54) is 23.1 Å². The van der Waals surface area contributed by atoms with Gasteiger partial charge in [0.2, 0.25) is 5.95 Å². The van der Waals surface area contributed by atoms with Crippen molar-refractivity contribution in [2.45, 2.75) is 6.54 Å². The summed E-state index contributed by atoms with van der Waals surface area (Å²) in [6, 6.07) is 8.09. The first kappa shape index (κ1) is 11.7. The van der Waals surface area contributed by atoms with Gasteiger partial charge in [0.25, 0.3) is 5.91 Å². The molecule has 0 aromatic carbocycles. The number of carbonyl (C=O) groups is 1. The van der Waals surface area contributed by atoms with Gasteiger partial charge in [-0.15, -0.1) is 11.3 Å². The van der Waals surface area contributed by atoms with Gasteiger partial charge in [-0.25, -0.2) is 4.98 Å². The fourth-order valence-corrected chi connectivity index (χ4v) is 2.19. The molecule has 3 nitrogen and oxygen atoms in total. The zero-order valence-corrected chi connectivity index (χ0v) is 10.1. The maximum absolute atomic E-state index is 12.9. The monoisotopic (exact) mass is 250 g/mol. The van der Waals surface area contributed by atoms with Gasteiger partial charge in [0, 0.05) is 11.9 Å². The Morgan fingerprint density at radius 1 is 1.41 bits per heavy atom. The van der Waals surface area contributed by atoms with Crippen LogP contribution in [0.1, 0.15) is 15.4 Å². The third-order valence-corrected chi connectivity index (χ3v) is 3.12. The number of halogens is 1. The molecule has 0 aliphatic rings. The summed E-state index contributed by atoms with van der Waals surface area (Å²) in [4.78, 5) is 18.1. The summed E-state index contributed by atoms with van der Waals surface area (Å²) in [7, 11) is 1.68. The van der Waals surface area contributed by atoms with Crippen molar-refractivity contribution in [3.63, 3.8) is 0 Å². The second-order valence-electron chi connectivity index (χ2n) is 3.59. The molecular formula is C12H11FN2OS. The van der Waals surface area contributed by atoms with Crippen LogP contribution >= 0.6 is 11.3 Å². The molecule has 1 amide bonds. The van der Waals surface area contributed by atoms with Crippen LogP contribution in [0, 0.1) is 5.95 Å². The van der Waals surface area contributed by atoms with E-state index in [-0.39, 0.29) is 11.6 Å². The minimum atomic E-state index is -0.639. The Labute approximate surface area is 103 Å². The summed E-state index contributed by atoms with van der Waals surface area (Å²) in [6.07, 6.45) is 0.